The predicted molar refractivity (Wildman–Crippen MR) is 123 cm³/mol. The molecule has 31 heavy (non-hydrogen) atoms. The van der Waals surface area contributed by atoms with Gasteiger partial charge in [-0.25, -0.2) is 0 Å². The quantitative estimate of drug-likeness (QED) is 0.667. The molecule has 0 saturated carbocycles. The van der Waals surface area contributed by atoms with Crippen LogP contribution in [-0.2, 0) is 9.53 Å². The number of anilines is 2. The van der Waals surface area contributed by atoms with Crippen LogP contribution in [0.1, 0.15) is 23.2 Å². The number of piperidine rings is 1. The number of benzene rings is 2. The van der Waals surface area contributed by atoms with Gasteiger partial charge in [0, 0.05) is 43.1 Å². The van der Waals surface area contributed by atoms with Gasteiger partial charge in [-0.1, -0.05) is 18.2 Å². The van der Waals surface area contributed by atoms with Gasteiger partial charge in [0.15, 0.2) is 0 Å². The van der Waals surface area contributed by atoms with Crippen LogP contribution in [0.25, 0.3) is 0 Å². The molecule has 164 valence electrons. The number of morpholine rings is 1. The van der Waals surface area contributed by atoms with Crippen LogP contribution in [0.5, 0.6) is 0 Å². The fraction of sp³-hybridized carbons (Fsp3) is 0.417. The minimum atomic E-state index is -0.137. The Morgan fingerprint density at radius 1 is 1.00 bits per heavy atom. The lowest BCUT2D eigenvalue weighted by molar-refractivity contribution is -0.117. The molecule has 0 aliphatic carbocycles. The van der Waals surface area contributed by atoms with E-state index < -0.39 is 0 Å². The van der Waals surface area contributed by atoms with Gasteiger partial charge in [0.2, 0.25) is 5.91 Å². The molecule has 6 nitrogen and oxygen atoms in total. The number of hydrogen-bond acceptors (Lipinski definition) is 4. The van der Waals surface area contributed by atoms with Crippen LogP contribution < -0.4 is 9.80 Å². The van der Waals surface area contributed by atoms with Gasteiger partial charge >= 0.3 is 0 Å². The fourth-order valence-corrected chi connectivity index (χ4v) is 4.51. The van der Waals surface area contributed by atoms with Crippen molar-refractivity contribution in [2.24, 2.45) is 0 Å². The molecule has 4 rings (SSSR count). The molecule has 2 fully saturated rings. The molecule has 0 aromatic heterocycles. The minimum Gasteiger partial charge on any atom is -0.378 e. The Morgan fingerprint density at radius 2 is 1.71 bits per heavy atom. The van der Waals surface area contributed by atoms with Crippen molar-refractivity contribution in [1.29, 1.82) is 0 Å². The first-order chi connectivity index (χ1) is 15.2. The number of ether oxygens (including phenoxy) is 1. The molecule has 1 atom stereocenters. The monoisotopic (exact) mass is 441 g/mol. The van der Waals surface area contributed by atoms with E-state index in [4.69, 9.17) is 16.3 Å². The highest BCUT2D eigenvalue weighted by Gasteiger charge is 2.31. The Bertz CT molecular complexity index is 885. The zero-order valence-electron chi connectivity index (χ0n) is 17.6. The number of carbonyl (C=O) groups excluding carboxylic acids is 2. The van der Waals surface area contributed by atoms with Gasteiger partial charge < -0.3 is 19.4 Å². The minimum absolute atomic E-state index is 0.00422. The van der Waals surface area contributed by atoms with Crippen LogP contribution in [0.15, 0.2) is 54.6 Å². The van der Waals surface area contributed by atoms with Crippen LogP contribution in [0, 0.1) is 0 Å². The van der Waals surface area contributed by atoms with E-state index in [9.17, 15) is 9.59 Å². The molecule has 2 aliphatic heterocycles. The largest absolute Gasteiger partial charge is 0.378 e. The van der Waals surface area contributed by atoms with Crippen molar-refractivity contribution >= 4 is 34.8 Å². The van der Waals surface area contributed by atoms with Crippen molar-refractivity contribution in [3.05, 3.63) is 60.2 Å². The van der Waals surface area contributed by atoms with Gasteiger partial charge in [0.05, 0.1) is 19.3 Å². The van der Waals surface area contributed by atoms with Crippen molar-refractivity contribution in [1.82, 2.24) is 4.90 Å². The van der Waals surface area contributed by atoms with Crippen LogP contribution in [0.3, 0.4) is 0 Å². The van der Waals surface area contributed by atoms with Crippen molar-refractivity contribution in [3.8, 4) is 0 Å². The zero-order chi connectivity index (χ0) is 21.6. The Hall–Kier alpha value is -2.57. The summed E-state index contributed by atoms with van der Waals surface area (Å²) >= 11 is 5.91. The third kappa shape index (κ3) is 5.02. The second kappa shape index (κ2) is 10.2. The summed E-state index contributed by atoms with van der Waals surface area (Å²) in [6, 6.07) is 17.3. The summed E-state index contributed by atoms with van der Waals surface area (Å²) in [7, 11) is 0. The maximum Gasteiger partial charge on any atom is 0.253 e. The molecule has 0 bridgehead atoms. The van der Waals surface area contributed by atoms with Gasteiger partial charge in [-0.15, -0.1) is 11.6 Å². The number of nitrogens with zero attached hydrogens (tertiary/aromatic N) is 3. The molecule has 2 saturated heterocycles. The molecule has 2 heterocycles. The maximum absolute atomic E-state index is 13.2. The summed E-state index contributed by atoms with van der Waals surface area (Å²) in [5.41, 5.74) is 2.61. The molecule has 0 spiro atoms. The first-order valence-electron chi connectivity index (χ1n) is 10.8. The van der Waals surface area contributed by atoms with Crippen molar-refractivity contribution in [3.63, 3.8) is 0 Å². The number of alkyl halides is 1. The summed E-state index contributed by atoms with van der Waals surface area (Å²) in [6.45, 7) is 4.39. The van der Waals surface area contributed by atoms with Crippen LogP contribution in [-0.4, -0.2) is 68.0 Å². The van der Waals surface area contributed by atoms with E-state index >= 15 is 0 Å². The number of para-hydroxylation sites is 1. The molecule has 0 N–H and O–H groups in total. The number of carbonyl (C=O) groups is 2. The lowest BCUT2D eigenvalue weighted by atomic mass is 10.0. The maximum atomic E-state index is 13.2. The number of hydrogen-bond donors (Lipinski definition) is 0. The molecule has 2 aliphatic rings. The van der Waals surface area contributed by atoms with Crippen molar-refractivity contribution in [2.45, 2.75) is 18.9 Å². The SMILES string of the molecule is O=C(c1ccc(N2CCOCC2)cc1)N1CCC[C@H](N(C(=O)CCl)c2ccccc2)C1. The predicted octanol–water partition coefficient (Wildman–Crippen LogP) is 3.40. The summed E-state index contributed by atoms with van der Waals surface area (Å²) in [6.07, 6.45) is 1.69. The van der Waals surface area contributed by atoms with E-state index in [-0.39, 0.29) is 23.7 Å². The highest BCUT2D eigenvalue weighted by atomic mass is 35.5. The Morgan fingerprint density at radius 3 is 2.39 bits per heavy atom. The number of amides is 2. The number of likely N-dealkylation sites (tertiary alicyclic amines) is 1. The topological polar surface area (TPSA) is 53.1 Å². The molecule has 2 amide bonds. The molecule has 0 unspecified atom stereocenters. The van der Waals surface area contributed by atoms with Gasteiger partial charge in [-0.2, -0.15) is 0 Å². The van der Waals surface area contributed by atoms with Crippen LogP contribution in [0.2, 0.25) is 0 Å². The molecule has 2 aromatic carbocycles. The van der Waals surface area contributed by atoms with Crippen LogP contribution >= 0.6 is 11.6 Å². The van der Waals surface area contributed by atoms with E-state index in [2.05, 4.69) is 4.90 Å². The molecule has 7 heteroatoms. The van der Waals surface area contributed by atoms with Gasteiger partial charge in [0.1, 0.15) is 5.88 Å². The Labute approximate surface area is 188 Å². The van der Waals surface area contributed by atoms with E-state index in [0.29, 0.717) is 18.7 Å². The fourth-order valence-electron chi connectivity index (χ4n) is 4.38. The summed E-state index contributed by atoms with van der Waals surface area (Å²) in [5.74, 6) is -0.214. The van der Waals surface area contributed by atoms with Crippen molar-refractivity contribution in [2.75, 3.05) is 55.1 Å². The molecular formula is C24H28ClN3O3. The van der Waals surface area contributed by atoms with E-state index in [1.54, 1.807) is 4.90 Å². The molecular weight excluding hydrogens is 414 g/mol. The van der Waals surface area contributed by atoms with Crippen LogP contribution in [0.4, 0.5) is 11.4 Å². The number of rotatable bonds is 5. The summed E-state index contributed by atoms with van der Waals surface area (Å²) in [5, 5.41) is 0. The van der Waals surface area contributed by atoms with E-state index in [1.165, 1.54) is 0 Å². The highest BCUT2D eigenvalue weighted by Crippen LogP contribution is 2.25. The third-order valence-corrected chi connectivity index (χ3v) is 6.19. The van der Waals surface area contributed by atoms with E-state index in [1.807, 2.05) is 59.5 Å². The average Bonchev–Trinajstić information content (AvgIpc) is 2.85. The Balaban J connectivity index is 1.47. The smallest absolute Gasteiger partial charge is 0.253 e. The lowest BCUT2D eigenvalue weighted by Crippen LogP contribution is -2.52. The standard InChI is InChI=1S/C24H28ClN3O3/c25-17-23(29)28(21-5-2-1-3-6-21)22-7-4-12-27(18-22)24(30)19-8-10-20(11-9-19)26-13-15-31-16-14-26/h1-3,5-6,8-11,22H,4,7,12-18H2/t22-/m0/s1. The third-order valence-electron chi connectivity index (χ3n) is 5.96. The van der Waals surface area contributed by atoms with Gasteiger partial charge in [-0.05, 0) is 49.2 Å². The van der Waals surface area contributed by atoms with Gasteiger partial charge in [-0.3, -0.25) is 9.59 Å². The normalized spacial score (nSPS) is 19.2. The second-order valence-electron chi connectivity index (χ2n) is 7.93. The first kappa shape index (κ1) is 21.7. The second-order valence-corrected chi connectivity index (χ2v) is 8.19. The zero-order valence-corrected chi connectivity index (χ0v) is 18.3. The lowest BCUT2D eigenvalue weighted by Gasteiger charge is -2.39. The summed E-state index contributed by atoms with van der Waals surface area (Å²) in [4.78, 5) is 31.7. The molecule has 0 radical (unpaired) electrons. The highest BCUT2D eigenvalue weighted by molar-refractivity contribution is 6.29. The molecule has 2 aromatic rings. The first-order valence-corrected chi connectivity index (χ1v) is 11.4. The average molecular weight is 442 g/mol. The van der Waals surface area contributed by atoms with Crippen molar-refractivity contribution < 1.29 is 14.3 Å². The summed E-state index contributed by atoms with van der Waals surface area (Å²) < 4.78 is 5.41. The van der Waals surface area contributed by atoms with E-state index in [0.717, 1.165) is 50.5 Å². The number of halogens is 1. The Kier molecular flexibility index (Phi) is 7.10. The van der Waals surface area contributed by atoms with Gasteiger partial charge in [0.25, 0.3) is 5.91 Å².